The van der Waals surface area contributed by atoms with E-state index in [2.05, 4.69) is 9.72 Å². The largest absolute Gasteiger partial charge is 0.469 e. The van der Waals surface area contributed by atoms with Gasteiger partial charge in [-0.25, -0.2) is 0 Å². The standard InChI is InChI=1S/C13H17ClN2O4/c1-19-8-7-16(6-4-12(17)20-2)13(18)11-9-10(14)3-5-15-11/h3,5,9H,4,6-8H2,1-2H3. The van der Waals surface area contributed by atoms with Gasteiger partial charge in [-0.15, -0.1) is 0 Å². The second-order valence-electron chi connectivity index (χ2n) is 3.97. The van der Waals surface area contributed by atoms with Gasteiger partial charge in [-0.2, -0.15) is 0 Å². The Balaban J connectivity index is 2.75. The summed E-state index contributed by atoms with van der Waals surface area (Å²) in [6.07, 6.45) is 1.58. The number of carbonyl (C=O) groups is 2. The number of aromatic nitrogens is 1. The van der Waals surface area contributed by atoms with E-state index in [1.165, 1.54) is 24.3 Å². The van der Waals surface area contributed by atoms with E-state index >= 15 is 0 Å². The lowest BCUT2D eigenvalue weighted by molar-refractivity contribution is -0.140. The first-order valence-electron chi connectivity index (χ1n) is 6.05. The third-order valence-corrected chi connectivity index (χ3v) is 2.84. The maximum absolute atomic E-state index is 12.3. The molecule has 0 bridgehead atoms. The first-order chi connectivity index (χ1) is 9.58. The predicted molar refractivity (Wildman–Crippen MR) is 73.7 cm³/mol. The number of esters is 1. The smallest absolute Gasteiger partial charge is 0.307 e. The maximum Gasteiger partial charge on any atom is 0.307 e. The lowest BCUT2D eigenvalue weighted by atomic mass is 10.3. The zero-order valence-electron chi connectivity index (χ0n) is 11.5. The van der Waals surface area contributed by atoms with Gasteiger partial charge in [0.2, 0.25) is 0 Å². The first-order valence-corrected chi connectivity index (χ1v) is 6.43. The molecule has 20 heavy (non-hydrogen) atoms. The normalized spacial score (nSPS) is 10.2. The van der Waals surface area contributed by atoms with E-state index in [4.69, 9.17) is 16.3 Å². The number of halogens is 1. The molecule has 6 nitrogen and oxygen atoms in total. The number of ether oxygens (including phenoxy) is 2. The van der Waals surface area contributed by atoms with Crippen LogP contribution in [0.15, 0.2) is 18.3 Å². The van der Waals surface area contributed by atoms with E-state index in [9.17, 15) is 9.59 Å². The molecule has 1 heterocycles. The molecule has 0 aliphatic heterocycles. The first kappa shape index (κ1) is 16.4. The van der Waals surface area contributed by atoms with Crippen LogP contribution in [-0.4, -0.2) is 55.7 Å². The van der Waals surface area contributed by atoms with Crippen molar-refractivity contribution in [3.05, 3.63) is 29.0 Å². The van der Waals surface area contributed by atoms with Crippen molar-refractivity contribution < 1.29 is 19.1 Å². The Kier molecular flexibility index (Phi) is 6.97. The number of methoxy groups -OCH3 is 2. The lowest BCUT2D eigenvalue weighted by Crippen LogP contribution is -2.36. The molecule has 1 aromatic heterocycles. The number of rotatable bonds is 7. The molecule has 7 heteroatoms. The van der Waals surface area contributed by atoms with Crippen LogP contribution in [0.4, 0.5) is 0 Å². The molecule has 0 aliphatic rings. The van der Waals surface area contributed by atoms with Crippen molar-refractivity contribution in [2.45, 2.75) is 6.42 Å². The summed E-state index contributed by atoms with van der Waals surface area (Å²) < 4.78 is 9.52. The Labute approximate surface area is 122 Å². The molecule has 1 aromatic rings. The summed E-state index contributed by atoms with van der Waals surface area (Å²) in [6.45, 7) is 0.969. The van der Waals surface area contributed by atoms with Crippen LogP contribution in [-0.2, 0) is 14.3 Å². The van der Waals surface area contributed by atoms with Gasteiger partial charge in [0, 0.05) is 31.4 Å². The Hall–Kier alpha value is -1.66. The summed E-state index contributed by atoms with van der Waals surface area (Å²) in [5, 5.41) is 0.433. The van der Waals surface area contributed by atoms with Crippen molar-refractivity contribution in [2.24, 2.45) is 0 Å². The summed E-state index contributed by atoms with van der Waals surface area (Å²) in [7, 11) is 2.85. The van der Waals surface area contributed by atoms with Gasteiger partial charge < -0.3 is 14.4 Å². The highest BCUT2D eigenvalue weighted by molar-refractivity contribution is 6.30. The van der Waals surface area contributed by atoms with Gasteiger partial charge >= 0.3 is 5.97 Å². The van der Waals surface area contributed by atoms with Crippen molar-refractivity contribution in [3.8, 4) is 0 Å². The second-order valence-corrected chi connectivity index (χ2v) is 4.41. The highest BCUT2D eigenvalue weighted by Crippen LogP contribution is 2.10. The van der Waals surface area contributed by atoms with Gasteiger partial charge in [-0.05, 0) is 12.1 Å². The lowest BCUT2D eigenvalue weighted by Gasteiger charge is -2.21. The topological polar surface area (TPSA) is 68.7 Å². The highest BCUT2D eigenvalue weighted by Gasteiger charge is 2.18. The third-order valence-electron chi connectivity index (χ3n) is 2.61. The molecular formula is C13H17ClN2O4. The van der Waals surface area contributed by atoms with Crippen molar-refractivity contribution in [2.75, 3.05) is 33.9 Å². The van der Waals surface area contributed by atoms with E-state index < -0.39 is 0 Å². The van der Waals surface area contributed by atoms with Crippen LogP contribution >= 0.6 is 11.6 Å². The van der Waals surface area contributed by atoms with Crippen LogP contribution in [0.3, 0.4) is 0 Å². The molecule has 0 aromatic carbocycles. The van der Waals surface area contributed by atoms with Crippen LogP contribution in [0.1, 0.15) is 16.9 Å². The highest BCUT2D eigenvalue weighted by atomic mass is 35.5. The fourth-order valence-electron chi connectivity index (χ4n) is 1.53. The van der Waals surface area contributed by atoms with Crippen molar-refractivity contribution in [3.63, 3.8) is 0 Å². The fourth-order valence-corrected chi connectivity index (χ4v) is 1.69. The van der Waals surface area contributed by atoms with E-state index in [0.717, 1.165) is 0 Å². The summed E-state index contributed by atoms with van der Waals surface area (Å²) in [4.78, 5) is 28.9. The van der Waals surface area contributed by atoms with Gasteiger partial charge in [-0.3, -0.25) is 14.6 Å². The molecule has 0 saturated heterocycles. The van der Waals surface area contributed by atoms with Crippen molar-refractivity contribution in [1.82, 2.24) is 9.88 Å². The molecule has 0 unspecified atom stereocenters. The molecular weight excluding hydrogens is 284 g/mol. The number of amides is 1. The Morgan fingerprint density at radius 3 is 2.70 bits per heavy atom. The fraction of sp³-hybridized carbons (Fsp3) is 0.462. The summed E-state index contributed by atoms with van der Waals surface area (Å²) >= 11 is 5.84. The number of carbonyl (C=O) groups excluding carboxylic acids is 2. The minimum atomic E-state index is -0.376. The van der Waals surface area contributed by atoms with E-state index in [1.54, 1.807) is 13.2 Å². The zero-order valence-corrected chi connectivity index (χ0v) is 12.2. The van der Waals surface area contributed by atoms with Crippen molar-refractivity contribution in [1.29, 1.82) is 0 Å². The van der Waals surface area contributed by atoms with Crippen LogP contribution in [0, 0.1) is 0 Å². The van der Waals surface area contributed by atoms with Gasteiger partial charge in [0.25, 0.3) is 5.91 Å². The van der Waals surface area contributed by atoms with Crippen LogP contribution in [0.5, 0.6) is 0 Å². The summed E-state index contributed by atoms with van der Waals surface area (Å²) in [5.41, 5.74) is 0.235. The third kappa shape index (κ3) is 5.14. The summed E-state index contributed by atoms with van der Waals surface area (Å²) in [5.74, 6) is -0.673. The molecule has 1 amide bonds. The maximum atomic E-state index is 12.3. The quantitative estimate of drug-likeness (QED) is 0.712. The molecule has 0 atom stereocenters. The minimum absolute atomic E-state index is 0.118. The molecule has 0 aliphatic carbocycles. The predicted octanol–water partition coefficient (Wildman–Crippen LogP) is 1.39. The Bertz CT molecular complexity index is 467. The average molecular weight is 301 g/mol. The molecule has 1 rings (SSSR count). The second kappa shape index (κ2) is 8.50. The Morgan fingerprint density at radius 2 is 2.10 bits per heavy atom. The zero-order chi connectivity index (χ0) is 15.0. The van der Waals surface area contributed by atoms with E-state index in [-0.39, 0.29) is 30.5 Å². The molecule has 0 fully saturated rings. The van der Waals surface area contributed by atoms with Gasteiger partial charge in [0.15, 0.2) is 0 Å². The van der Waals surface area contributed by atoms with Gasteiger partial charge in [-0.1, -0.05) is 11.6 Å². The van der Waals surface area contributed by atoms with Crippen LogP contribution < -0.4 is 0 Å². The Morgan fingerprint density at radius 1 is 1.35 bits per heavy atom. The monoisotopic (exact) mass is 300 g/mol. The van der Waals surface area contributed by atoms with Crippen LogP contribution in [0.2, 0.25) is 5.02 Å². The van der Waals surface area contributed by atoms with E-state index in [1.807, 2.05) is 0 Å². The number of hydrogen-bond acceptors (Lipinski definition) is 5. The molecule has 0 spiro atoms. The average Bonchev–Trinajstić information content (AvgIpc) is 2.46. The van der Waals surface area contributed by atoms with Gasteiger partial charge in [0.05, 0.1) is 20.1 Å². The minimum Gasteiger partial charge on any atom is -0.469 e. The van der Waals surface area contributed by atoms with Gasteiger partial charge in [0.1, 0.15) is 5.69 Å². The van der Waals surface area contributed by atoms with Crippen molar-refractivity contribution >= 4 is 23.5 Å². The summed E-state index contributed by atoms with van der Waals surface area (Å²) in [6, 6.07) is 3.08. The molecule has 0 radical (unpaired) electrons. The molecule has 0 N–H and O–H groups in total. The number of nitrogens with zero attached hydrogens (tertiary/aromatic N) is 2. The SMILES string of the molecule is COCCN(CCC(=O)OC)C(=O)c1cc(Cl)ccn1. The van der Waals surface area contributed by atoms with E-state index in [0.29, 0.717) is 18.2 Å². The van der Waals surface area contributed by atoms with Crippen LogP contribution in [0.25, 0.3) is 0 Å². The molecule has 0 saturated carbocycles. The molecule has 110 valence electrons. The number of pyridine rings is 1. The number of hydrogen-bond donors (Lipinski definition) is 0.